The van der Waals surface area contributed by atoms with Crippen LogP contribution in [-0.4, -0.2) is 144 Å². The van der Waals surface area contributed by atoms with Gasteiger partial charge in [-0.05, 0) is 108 Å². The number of aliphatic hydroxyl groups excluding tert-OH is 2. The largest absolute Gasteiger partial charge is 0.394 e. The van der Waals surface area contributed by atoms with E-state index in [1.165, 1.54) is 12.4 Å². The quantitative estimate of drug-likeness (QED) is 0.0445. The third kappa shape index (κ3) is 14.4. The third-order valence-electron chi connectivity index (χ3n) is 16.0. The van der Waals surface area contributed by atoms with Crippen LogP contribution in [0.1, 0.15) is 105 Å². The molecule has 3 amide bonds. The molecular weight excluding hydrogens is 1270 g/mol. The van der Waals surface area contributed by atoms with Crippen LogP contribution < -0.4 is 10.6 Å². The number of sulfone groups is 3. The van der Waals surface area contributed by atoms with E-state index in [9.17, 15) is 55.1 Å². The highest BCUT2D eigenvalue weighted by molar-refractivity contribution is 7.92. The van der Waals surface area contributed by atoms with Gasteiger partial charge in [0, 0.05) is 44.7 Å². The van der Waals surface area contributed by atoms with Gasteiger partial charge in [0.2, 0.25) is 0 Å². The van der Waals surface area contributed by atoms with E-state index in [2.05, 4.69) is 55.5 Å². The van der Waals surface area contributed by atoms with Gasteiger partial charge in [0.15, 0.2) is 46.5 Å². The van der Waals surface area contributed by atoms with Crippen molar-refractivity contribution in [3.05, 3.63) is 192 Å². The molecule has 24 nitrogen and oxygen atoms in total. The summed E-state index contributed by atoms with van der Waals surface area (Å²) in [4.78, 5) is 76.9. The summed E-state index contributed by atoms with van der Waals surface area (Å²) in [6.07, 6.45) is 11.0. The first-order valence-electron chi connectivity index (χ1n) is 30.2. The zero-order valence-electron chi connectivity index (χ0n) is 52.4. The van der Waals surface area contributed by atoms with Gasteiger partial charge in [-0.2, -0.15) is 5.26 Å². The Labute approximate surface area is 550 Å². The van der Waals surface area contributed by atoms with E-state index in [0.29, 0.717) is 96.2 Å². The summed E-state index contributed by atoms with van der Waals surface area (Å²) < 4.78 is 74.0. The van der Waals surface area contributed by atoms with E-state index >= 15 is 0 Å². The van der Waals surface area contributed by atoms with Crippen molar-refractivity contribution in [1.29, 1.82) is 5.26 Å². The number of carbonyl (C=O) groups is 3. The van der Waals surface area contributed by atoms with E-state index in [-0.39, 0.29) is 48.3 Å². The Balaban J connectivity index is 0.000000184. The normalized spacial score (nSPS) is 13.7. The molecule has 12 rings (SSSR count). The fraction of sp³-hybridized carbons (Fsp3) is 0.235. The lowest BCUT2D eigenvalue weighted by molar-refractivity contribution is 0.0679. The number of nitrogens with one attached hydrogen (secondary N) is 5. The molecule has 1 saturated heterocycles. The Hall–Kier alpha value is -10.4. The van der Waals surface area contributed by atoms with Crippen molar-refractivity contribution in [1.82, 2.24) is 55.1 Å². The van der Waals surface area contributed by atoms with Crippen molar-refractivity contribution >= 4 is 86.4 Å². The van der Waals surface area contributed by atoms with E-state index in [4.69, 9.17) is 0 Å². The maximum absolute atomic E-state index is 13.0. The lowest BCUT2D eigenvalue weighted by Gasteiger charge is -2.22. The van der Waals surface area contributed by atoms with Crippen molar-refractivity contribution in [3.8, 4) is 39.8 Å². The summed E-state index contributed by atoms with van der Waals surface area (Å²) in [5.41, 5.74) is 8.74. The average Bonchev–Trinajstić information content (AvgIpc) is 1.74. The average molecular weight is 1340 g/mol. The minimum absolute atomic E-state index is 0. The monoisotopic (exact) mass is 1340 g/mol. The second-order valence-electron chi connectivity index (χ2n) is 23.0. The van der Waals surface area contributed by atoms with Crippen molar-refractivity contribution in [2.75, 3.05) is 25.1 Å². The first-order valence-corrected chi connectivity index (χ1v) is 34.8. The standard InChI is InChI=1S/C24H24N4O4S.C23H19N5O3S.C21H24N4O4S.2H2/c1-15(2)33(31,32)18-10-8-17(9-11-18)20-13-26-23-22(27-20)19(12-25-23)24(30)28-21(14-29)16-6-4-3-5-7-16;1-14(2)32(30,31)17-9-7-15(8-10-17)20-13-26-22-21(27-20)18(12-25-22)23(29)28-19-6-4-3-5-16(19)11-24;1-13(2)30(28,29)16-7-5-14(6-8-16)18-11-23-20-19(24-18)17(10-22-20)21(27)25-9-3-4-15(25)12-26;;/h3-13,15,21,29H,14H2,1-2H3,(H,25,26)(H,28,30);3-10,12-14H,1-2H3,(H,25,26)(H,28,29);5-8,10-11,13,15,26H,3-4,9,12H2,1-2H3,(H,22,23);2*1H. The van der Waals surface area contributed by atoms with Crippen LogP contribution in [0, 0.1) is 11.3 Å². The number of nitriles is 1. The number of benzene rings is 5. The summed E-state index contributed by atoms with van der Waals surface area (Å²) in [6.45, 7) is 10.1. The van der Waals surface area contributed by atoms with Gasteiger partial charge >= 0.3 is 0 Å². The van der Waals surface area contributed by atoms with Crippen molar-refractivity contribution in [2.24, 2.45) is 0 Å². The molecule has 0 saturated carbocycles. The molecule has 0 radical (unpaired) electrons. The minimum Gasteiger partial charge on any atom is -0.394 e. The number of aromatic nitrogens is 9. The highest BCUT2D eigenvalue weighted by Gasteiger charge is 2.31. The van der Waals surface area contributed by atoms with Crippen LogP contribution in [0.25, 0.3) is 67.3 Å². The summed E-state index contributed by atoms with van der Waals surface area (Å²) in [5.74, 6) is -1.000. The molecule has 1 aliphatic rings. The molecule has 1 fully saturated rings. The molecule has 0 aliphatic carbocycles. The fourth-order valence-corrected chi connectivity index (χ4v) is 13.5. The Bertz CT molecular complexity index is 5050. The second kappa shape index (κ2) is 28.5. The number of hydrogen-bond donors (Lipinski definition) is 7. The number of nitrogens with zero attached hydrogens (tertiary/aromatic N) is 8. The number of hydrogen-bond acceptors (Lipinski definition) is 18. The first-order chi connectivity index (χ1) is 45.4. The molecule has 7 heterocycles. The Kier molecular flexibility index (Phi) is 20.2. The van der Waals surface area contributed by atoms with Crippen LogP contribution in [0.5, 0.6) is 0 Å². The fourth-order valence-electron chi connectivity index (χ4n) is 10.3. The number of amides is 3. The predicted octanol–water partition coefficient (Wildman–Crippen LogP) is 10.1. The van der Waals surface area contributed by atoms with E-state index in [1.807, 2.05) is 36.4 Å². The van der Waals surface area contributed by atoms with Gasteiger partial charge in [-0.1, -0.05) is 78.9 Å². The van der Waals surface area contributed by atoms with Crippen molar-refractivity contribution < 1.29 is 52.7 Å². The topological polar surface area (TPSA) is 370 Å². The van der Waals surface area contributed by atoms with E-state index in [0.717, 1.165) is 18.4 Å². The smallest absolute Gasteiger partial charge is 0.259 e. The van der Waals surface area contributed by atoms with Gasteiger partial charge in [-0.15, -0.1) is 0 Å². The Morgan fingerprint density at radius 1 is 0.568 bits per heavy atom. The molecule has 7 N–H and O–H groups in total. The van der Waals surface area contributed by atoms with Crippen LogP contribution in [-0.2, 0) is 29.5 Å². The Morgan fingerprint density at radius 2 is 0.968 bits per heavy atom. The zero-order valence-corrected chi connectivity index (χ0v) is 54.8. The lowest BCUT2D eigenvalue weighted by atomic mass is 10.1. The summed E-state index contributed by atoms with van der Waals surface area (Å²) in [7, 11) is -10.1. The molecule has 11 aromatic rings. The molecule has 0 bridgehead atoms. The maximum Gasteiger partial charge on any atom is 0.259 e. The molecule has 95 heavy (non-hydrogen) atoms. The number of anilines is 1. The predicted molar refractivity (Wildman–Crippen MR) is 363 cm³/mol. The van der Waals surface area contributed by atoms with Gasteiger partial charge in [0.05, 0.1) is 119 Å². The van der Waals surface area contributed by atoms with Crippen molar-refractivity contribution in [2.45, 2.75) is 96.9 Å². The van der Waals surface area contributed by atoms with Gasteiger partial charge in [-0.25, -0.2) is 55.2 Å². The number of likely N-dealkylation sites (tertiary alicyclic amines) is 1. The van der Waals surface area contributed by atoms with Crippen molar-refractivity contribution in [3.63, 3.8) is 0 Å². The molecule has 6 aromatic heterocycles. The zero-order chi connectivity index (χ0) is 67.9. The first kappa shape index (κ1) is 67.5. The van der Waals surface area contributed by atoms with Gasteiger partial charge in [0.1, 0.15) is 22.6 Å². The number of aromatic amines is 3. The number of fused-ring (bicyclic) bond motifs is 3. The van der Waals surface area contributed by atoms with Gasteiger partial charge in [0.25, 0.3) is 17.7 Å². The molecule has 5 aromatic carbocycles. The molecule has 2 atom stereocenters. The van der Waals surface area contributed by atoms with Gasteiger partial charge < -0.3 is 40.7 Å². The van der Waals surface area contributed by atoms with E-state index in [1.54, 1.807) is 168 Å². The summed E-state index contributed by atoms with van der Waals surface area (Å²) in [6, 6.07) is 36.6. The lowest BCUT2D eigenvalue weighted by Crippen LogP contribution is -2.37. The van der Waals surface area contributed by atoms with Crippen LogP contribution in [0.15, 0.2) is 179 Å². The summed E-state index contributed by atoms with van der Waals surface area (Å²) in [5, 5.41) is 32.5. The molecule has 492 valence electrons. The SMILES string of the molecule is CC(C)S(=O)(=O)c1ccc(-c2cnc3[nH]cc(C(=O)N4CCCC4CO)c3n2)cc1.CC(C)S(=O)(=O)c1ccc(-c2cnc3[nH]cc(C(=O)NC(CO)c4ccccc4)c3n2)cc1.CC(C)S(=O)(=O)c1ccc(-c2cnc3[nH]cc(C(=O)Nc4ccccc4C#N)c3n2)cc1.[HH].[HH]. The number of aliphatic hydroxyl groups is 2. The van der Waals surface area contributed by atoms with E-state index < -0.39 is 63.1 Å². The molecule has 27 heteroatoms. The van der Waals surface area contributed by atoms with Crippen LogP contribution in [0.2, 0.25) is 0 Å². The van der Waals surface area contributed by atoms with Crippen LogP contribution in [0.4, 0.5) is 5.69 Å². The minimum atomic E-state index is -3.37. The third-order valence-corrected chi connectivity index (χ3v) is 22.5. The van der Waals surface area contributed by atoms with Crippen LogP contribution >= 0.6 is 0 Å². The molecule has 1 aliphatic heterocycles. The number of rotatable bonds is 17. The highest BCUT2D eigenvalue weighted by Crippen LogP contribution is 2.30. The van der Waals surface area contributed by atoms with Crippen LogP contribution in [0.3, 0.4) is 0 Å². The van der Waals surface area contributed by atoms with Gasteiger partial charge in [-0.3, -0.25) is 14.4 Å². The second-order valence-corrected chi connectivity index (χ2v) is 30.5. The Morgan fingerprint density at radius 3 is 1.38 bits per heavy atom. The molecular formula is C68H71N13O11S3. The number of carbonyl (C=O) groups excluding carboxylic acids is 3. The number of H-pyrrole nitrogens is 3. The molecule has 0 spiro atoms. The molecule has 2 unspecified atom stereocenters. The maximum atomic E-state index is 13.0. The number of para-hydroxylation sites is 1. The summed E-state index contributed by atoms with van der Waals surface area (Å²) >= 11 is 0. The highest BCUT2D eigenvalue weighted by atomic mass is 32.2.